The molecular formula is C20H17F3N4O2. The van der Waals surface area contributed by atoms with Crippen LogP contribution in [-0.2, 0) is 16.7 Å². The van der Waals surface area contributed by atoms with E-state index in [1.54, 1.807) is 0 Å². The second kappa shape index (κ2) is 7.64. The fourth-order valence-electron chi connectivity index (χ4n) is 3.04. The molecule has 1 aliphatic heterocycles. The van der Waals surface area contributed by atoms with Gasteiger partial charge in [0.1, 0.15) is 36.6 Å². The summed E-state index contributed by atoms with van der Waals surface area (Å²) in [5, 5.41) is 8.79. The van der Waals surface area contributed by atoms with Crippen molar-refractivity contribution in [3.63, 3.8) is 0 Å². The van der Waals surface area contributed by atoms with Gasteiger partial charge >= 0.3 is 0 Å². The smallest absolute Gasteiger partial charge is 0.299 e. The number of ether oxygens (including phenoxy) is 1. The van der Waals surface area contributed by atoms with Crippen molar-refractivity contribution in [1.29, 1.82) is 5.26 Å². The molecule has 1 aromatic heterocycles. The molecule has 9 heteroatoms. The Balaban J connectivity index is 1.96. The Bertz CT molecular complexity index is 1020. The van der Waals surface area contributed by atoms with E-state index < -0.39 is 29.7 Å². The van der Waals surface area contributed by atoms with Gasteiger partial charge in [0.15, 0.2) is 11.3 Å². The van der Waals surface area contributed by atoms with Gasteiger partial charge in [-0.3, -0.25) is 14.8 Å². The van der Waals surface area contributed by atoms with Crippen LogP contribution < -0.4 is 5.73 Å². The lowest BCUT2D eigenvalue weighted by Gasteiger charge is -2.33. The Labute approximate surface area is 164 Å². The van der Waals surface area contributed by atoms with Gasteiger partial charge in [-0.2, -0.15) is 5.26 Å². The van der Waals surface area contributed by atoms with Crippen LogP contribution >= 0.6 is 0 Å². The van der Waals surface area contributed by atoms with Crippen LogP contribution in [0.2, 0.25) is 0 Å². The first-order chi connectivity index (χ1) is 13.7. The maximum Gasteiger partial charge on any atom is 0.299 e. The minimum Gasteiger partial charge on any atom is -0.385 e. The Kier molecular flexibility index (Phi) is 5.40. The number of hydrogen-bond donors (Lipinski definition) is 1. The van der Waals surface area contributed by atoms with Gasteiger partial charge in [0, 0.05) is 18.2 Å². The van der Waals surface area contributed by atoms with Crippen molar-refractivity contribution >= 4 is 11.6 Å². The zero-order chi connectivity index (χ0) is 21.2. The van der Waals surface area contributed by atoms with E-state index in [9.17, 15) is 18.0 Å². The number of ketones is 1. The van der Waals surface area contributed by atoms with Crippen molar-refractivity contribution in [1.82, 2.24) is 4.98 Å². The summed E-state index contributed by atoms with van der Waals surface area (Å²) in [5.74, 6) is -4.99. The molecule has 0 fully saturated rings. The average Bonchev–Trinajstić information content (AvgIpc) is 2.78. The fraction of sp³-hybridized carbons (Fsp3) is 0.300. The number of aromatic nitrogens is 1. The molecule has 150 valence electrons. The lowest BCUT2D eigenvalue weighted by atomic mass is 9.84. The van der Waals surface area contributed by atoms with Crippen LogP contribution in [0.4, 0.5) is 13.2 Å². The minimum absolute atomic E-state index is 0.108. The van der Waals surface area contributed by atoms with E-state index in [1.165, 1.54) is 30.5 Å². The molecule has 0 bridgehead atoms. The molecule has 0 spiro atoms. The third-order valence-corrected chi connectivity index (χ3v) is 4.71. The number of pyridine rings is 1. The number of alkyl halides is 2. The molecule has 1 atom stereocenters. The van der Waals surface area contributed by atoms with Crippen LogP contribution in [-0.4, -0.2) is 35.7 Å². The van der Waals surface area contributed by atoms with Gasteiger partial charge in [-0.1, -0.05) is 6.07 Å². The molecule has 3 rings (SSSR count). The van der Waals surface area contributed by atoms with Gasteiger partial charge in [-0.15, -0.1) is 0 Å². The van der Waals surface area contributed by atoms with Gasteiger partial charge in [0.25, 0.3) is 5.92 Å². The van der Waals surface area contributed by atoms with Crippen LogP contribution in [0.25, 0.3) is 0 Å². The van der Waals surface area contributed by atoms with Crippen LogP contribution in [0.1, 0.15) is 34.1 Å². The van der Waals surface area contributed by atoms with Gasteiger partial charge in [0.2, 0.25) is 0 Å². The first kappa shape index (κ1) is 20.5. The van der Waals surface area contributed by atoms with Gasteiger partial charge < -0.3 is 10.5 Å². The molecule has 1 aromatic carbocycles. The number of nitrogens with two attached hydrogens (primary N) is 1. The number of rotatable bonds is 4. The number of carbonyl (C=O) groups is 1. The Morgan fingerprint density at radius 1 is 1.34 bits per heavy atom. The first-order valence-electron chi connectivity index (χ1n) is 8.64. The van der Waals surface area contributed by atoms with Crippen molar-refractivity contribution in [3.05, 3.63) is 64.7 Å². The quantitative estimate of drug-likeness (QED) is 0.793. The summed E-state index contributed by atoms with van der Waals surface area (Å²) in [7, 11) is 0. The van der Waals surface area contributed by atoms with Crippen molar-refractivity contribution in [3.8, 4) is 6.07 Å². The van der Waals surface area contributed by atoms with Crippen molar-refractivity contribution < 1.29 is 22.7 Å². The number of benzene rings is 1. The van der Waals surface area contributed by atoms with Gasteiger partial charge in [0.05, 0.1) is 5.56 Å². The number of amidine groups is 1. The highest BCUT2D eigenvalue weighted by Crippen LogP contribution is 2.43. The molecule has 2 N–H and O–H groups in total. The number of nitrogens with zero attached hydrogens (tertiary/aromatic N) is 3. The van der Waals surface area contributed by atoms with Crippen molar-refractivity contribution in [2.24, 2.45) is 10.7 Å². The number of nitriles is 1. The van der Waals surface area contributed by atoms with Crippen molar-refractivity contribution in [2.45, 2.75) is 24.8 Å². The highest BCUT2D eigenvalue weighted by atomic mass is 19.3. The van der Waals surface area contributed by atoms with Gasteiger partial charge in [-0.25, -0.2) is 13.2 Å². The molecule has 0 amide bonds. The second-order valence-electron chi connectivity index (χ2n) is 6.83. The van der Waals surface area contributed by atoms with Crippen LogP contribution in [0, 0.1) is 17.1 Å². The molecule has 0 aliphatic carbocycles. The van der Waals surface area contributed by atoms with Crippen LogP contribution in [0.15, 0.2) is 41.5 Å². The summed E-state index contributed by atoms with van der Waals surface area (Å²) in [6.45, 7) is -0.165. The largest absolute Gasteiger partial charge is 0.385 e. The number of halogens is 3. The summed E-state index contributed by atoms with van der Waals surface area (Å²) in [6, 6.07) is 8.28. The SMILES string of the molecule is C[C@]1(c2cc(CC(=O)c3ccc(C#N)cn3)ccc2F)N=C(N)COCC1(F)F. The molecule has 2 heterocycles. The maximum atomic E-state index is 14.7. The zero-order valence-corrected chi connectivity index (χ0v) is 15.5. The highest BCUT2D eigenvalue weighted by molar-refractivity contribution is 5.95. The van der Waals surface area contributed by atoms with Gasteiger partial charge in [-0.05, 0) is 36.8 Å². The molecule has 0 radical (unpaired) electrons. The third-order valence-electron chi connectivity index (χ3n) is 4.71. The van der Waals surface area contributed by atoms with E-state index in [0.717, 1.165) is 13.0 Å². The Hall–Kier alpha value is -3.25. The summed E-state index contributed by atoms with van der Waals surface area (Å²) in [5.41, 5.74) is 3.67. The van der Waals surface area contributed by atoms with Crippen LogP contribution in [0.3, 0.4) is 0 Å². The molecule has 0 saturated carbocycles. The molecule has 29 heavy (non-hydrogen) atoms. The summed E-state index contributed by atoms with van der Waals surface area (Å²) in [4.78, 5) is 20.2. The molecule has 2 aromatic rings. The maximum absolute atomic E-state index is 14.7. The molecule has 6 nitrogen and oxygen atoms in total. The fourth-order valence-corrected chi connectivity index (χ4v) is 3.04. The molecule has 0 unspecified atom stereocenters. The molecule has 1 aliphatic rings. The van der Waals surface area contributed by atoms with E-state index in [2.05, 4.69) is 9.98 Å². The second-order valence-corrected chi connectivity index (χ2v) is 6.83. The predicted octanol–water partition coefficient (Wildman–Crippen LogP) is 2.76. The molecular weight excluding hydrogens is 385 g/mol. The Morgan fingerprint density at radius 3 is 2.76 bits per heavy atom. The lowest BCUT2D eigenvalue weighted by molar-refractivity contribution is -0.116. The normalized spacial score (nSPS) is 21.0. The van der Waals surface area contributed by atoms with E-state index >= 15 is 0 Å². The third kappa shape index (κ3) is 3.98. The topological polar surface area (TPSA) is 101 Å². The number of Topliss-reactive ketones (excluding diaryl/α,β-unsaturated/α-hetero) is 1. The first-order valence-corrected chi connectivity index (χ1v) is 8.64. The van der Waals surface area contributed by atoms with Crippen molar-refractivity contribution in [2.75, 3.05) is 13.2 Å². The predicted molar refractivity (Wildman–Crippen MR) is 98.1 cm³/mol. The standard InChI is InChI=1S/C20H17F3N4O2/c1-19(20(22,23)11-29-10-18(25)27-19)14-6-12(2-4-15(14)21)7-17(28)16-5-3-13(8-24)9-26-16/h2-6,9H,7,10-11H2,1H3,(H2,25,27)/t19-/m1/s1. The number of carbonyl (C=O) groups excluding carboxylic acids is 1. The lowest BCUT2D eigenvalue weighted by Crippen LogP contribution is -2.45. The molecule has 0 saturated heterocycles. The monoisotopic (exact) mass is 402 g/mol. The average molecular weight is 402 g/mol. The Morgan fingerprint density at radius 2 is 2.10 bits per heavy atom. The summed E-state index contributed by atoms with van der Waals surface area (Å²) in [6.07, 6.45) is 1.07. The van der Waals surface area contributed by atoms with E-state index in [-0.39, 0.29) is 30.1 Å². The number of aliphatic imine (C=N–C) groups is 1. The number of hydrogen-bond acceptors (Lipinski definition) is 6. The van der Waals surface area contributed by atoms with E-state index in [4.69, 9.17) is 15.7 Å². The zero-order valence-electron chi connectivity index (χ0n) is 15.5. The minimum atomic E-state index is -3.52. The highest BCUT2D eigenvalue weighted by Gasteiger charge is 2.54. The van der Waals surface area contributed by atoms with E-state index in [1.807, 2.05) is 6.07 Å². The summed E-state index contributed by atoms with van der Waals surface area (Å²) >= 11 is 0. The van der Waals surface area contributed by atoms with E-state index in [0.29, 0.717) is 11.1 Å². The van der Waals surface area contributed by atoms with Crippen LogP contribution in [0.5, 0.6) is 0 Å². The summed E-state index contributed by atoms with van der Waals surface area (Å²) < 4.78 is 48.8.